The molecular weight excluding hydrogens is 367 g/mol. The largest absolute Gasteiger partial charge is 0.573 e. The number of aromatic nitrogens is 2. The topological polar surface area (TPSA) is 64.1 Å². The van der Waals surface area contributed by atoms with Crippen LogP contribution in [-0.4, -0.2) is 22.2 Å². The summed E-state index contributed by atoms with van der Waals surface area (Å²) in [4.78, 5) is 21.4. The Balaban J connectivity index is 1.73. The second-order valence-electron chi connectivity index (χ2n) is 5.17. The van der Waals surface area contributed by atoms with E-state index in [9.17, 15) is 18.0 Å². The van der Waals surface area contributed by atoms with Gasteiger partial charge in [-0.25, -0.2) is 4.98 Å². The Morgan fingerprint density at radius 2 is 1.88 bits per heavy atom. The maximum Gasteiger partial charge on any atom is 0.573 e. The molecule has 0 saturated carbocycles. The number of hydrogen-bond donors (Lipinski definition) is 1. The predicted molar refractivity (Wildman–Crippen MR) is 91.2 cm³/mol. The molecule has 5 nitrogen and oxygen atoms in total. The van der Waals surface area contributed by atoms with Gasteiger partial charge in [0, 0.05) is 11.9 Å². The Kier molecular flexibility index (Phi) is 4.90. The summed E-state index contributed by atoms with van der Waals surface area (Å²) in [6.07, 6.45) is -3.12. The summed E-state index contributed by atoms with van der Waals surface area (Å²) >= 11 is 1.19. The number of nitrogens with zero attached hydrogens (tertiary/aromatic N) is 2. The molecule has 0 saturated heterocycles. The zero-order valence-corrected chi connectivity index (χ0v) is 14.2. The van der Waals surface area contributed by atoms with Crippen LogP contribution >= 0.6 is 11.3 Å². The molecule has 134 valence electrons. The summed E-state index contributed by atoms with van der Waals surface area (Å²) in [5, 5.41) is 3.24. The molecule has 3 aromatic rings. The van der Waals surface area contributed by atoms with E-state index in [-0.39, 0.29) is 5.75 Å². The highest BCUT2D eigenvalue weighted by Gasteiger charge is 2.31. The molecule has 0 atom stereocenters. The van der Waals surface area contributed by atoms with E-state index in [1.165, 1.54) is 23.5 Å². The fourth-order valence-electron chi connectivity index (χ4n) is 2.13. The van der Waals surface area contributed by atoms with Gasteiger partial charge in [0.05, 0.1) is 11.4 Å². The van der Waals surface area contributed by atoms with E-state index >= 15 is 0 Å². The van der Waals surface area contributed by atoms with E-state index in [4.69, 9.17) is 0 Å². The monoisotopic (exact) mass is 379 g/mol. The quantitative estimate of drug-likeness (QED) is 0.716. The first-order valence-electron chi connectivity index (χ1n) is 7.38. The minimum Gasteiger partial charge on any atom is -0.406 e. The molecule has 2 aromatic heterocycles. The predicted octanol–water partition coefficient (Wildman–Crippen LogP) is 4.66. The molecule has 1 aromatic carbocycles. The number of ether oxygens (including phenoxy) is 1. The number of rotatable bonds is 4. The molecule has 0 radical (unpaired) electrons. The van der Waals surface area contributed by atoms with Crippen molar-refractivity contribution >= 4 is 22.9 Å². The molecular formula is C17H12F3N3O2S. The number of amides is 1. The third kappa shape index (κ3) is 4.37. The van der Waals surface area contributed by atoms with Crippen molar-refractivity contribution in [1.29, 1.82) is 0 Å². The zero-order chi connectivity index (χ0) is 18.7. The maximum atomic E-state index is 12.4. The van der Waals surface area contributed by atoms with E-state index in [1.54, 1.807) is 25.3 Å². The number of benzene rings is 1. The first kappa shape index (κ1) is 17.9. The van der Waals surface area contributed by atoms with Gasteiger partial charge < -0.3 is 10.1 Å². The minimum absolute atomic E-state index is 0.344. The van der Waals surface area contributed by atoms with Gasteiger partial charge in [0.1, 0.15) is 15.6 Å². The smallest absolute Gasteiger partial charge is 0.406 e. The van der Waals surface area contributed by atoms with Gasteiger partial charge in [-0.3, -0.25) is 9.78 Å². The molecule has 0 aliphatic carbocycles. The summed E-state index contributed by atoms with van der Waals surface area (Å²) in [6, 6.07) is 10.3. The molecule has 0 aliphatic rings. The van der Waals surface area contributed by atoms with Crippen LogP contribution in [0.2, 0.25) is 0 Å². The summed E-state index contributed by atoms with van der Waals surface area (Å²) in [5.74, 6) is -0.756. The van der Waals surface area contributed by atoms with E-state index in [0.29, 0.717) is 27.0 Å². The average Bonchev–Trinajstić information content (AvgIpc) is 2.98. The van der Waals surface area contributed by atoms with Crippen LogP contribution in [0.1, 0.15) is 15.4 Å². The van der Waals surface area contributed by atoms with Crippen LogP contribution in [0.5, 0.6) is 5.75 Å². The van der Waals surface area contributed by atoms with E-state index < -0.39 is 12.3 Å². The van der Waals surface area contributed by atoms with Crippen LogP contribution in [0.25, 0.3) is 10.7 Å². The van der Waals surface area contributed by atoms with Gasteiger partial charge in [-0.05, 0) is 43.3 Å². The number of carbonyl (C=O) groups is 1. The summed E-state index contributed by atoms with van der Waals surface area (Å²) in [7, 11) is 0. The standard InChI is InChI=1S/C17H12F3N3O2S/c1-10-14(26-16(22-10)13-4-2-3-9-21-13)15(24)23-11-5-7-12(8-6-11)25-17(18,19)20/h2-9H,1H3,(H,23,24). The van der Waals surface area contributed by atoms with Crippen LogP contribution in [0.15, 0.2) is 48.7 Å². The van der Waals surface area contributed by atoms with Crippen molar-refractivity contribution in [3.05, 3.63) is 59.2 Å². The molecule has 1 amide bonds. The molecule has 2 heterocycles. The molecule has 1 N–H and O–H groups in total. The molecule has 26 heavy (non-hydrogen) atoms. The Labute approximate surface area is 150 Å². The summed E-state index contributed by atoms with van der Waals surface area (Å²) in [6.45, 7) is 1.71. The van der Waals surface area contributed by atoms with Gasteiger partial charge >= 0.3 is 6.36 Å². The van der Waals surface area contributed by atoms with Gasteiger partial charge in [-0.2, -0.15) is 0 Å². The first-order chi connectivity index (χ1) is 12.3. The van der Waals surface area contributed by atoms with Crippen LogP contribution in [0, 0.1) is 6.92 Å². The Hall–Kier alpha value is -2.94. The highest BCUT2D eigenvalue weighted by Crippen LogP contribution is 2.28. The van der Waals surface area contributed by atoms with Gasteiger partial charge in [0.2, 0.25) is 0 Å². The lowest BCUT2D eigenvalue weighted by molar-refractivity contribution is -0.274. The SMILES string of the molecule is Cc1nc(-c2ccccn2)sc1C(=O)Nc1ccc(OC(F)(F)F)cc1. The Morgan fingerprint density at radius 3 is 2.50 bits per heavy atom. The first-order valence-corrected chi connectivity index (χ1v) is 8.19. The van der Waals surface area contributed by atoms with Crippen LogP contribution in [0.3, 0.4) is 0 Å². The second-order valence-corrected chi connectivity index (χ2v) is 6.17. The normalized spacial score (nSPS) is 11.2. The fourth-order valence-corrected chi connectivity index (χ4v) is 3.07. The van der Waals surface area contributed by atoms with Crippen LogP contribution in [0.4, 0.5) is 18.9 Å². The molecule has 0 bridgehead atoms. The highest BCUT2D eigenvalue weighted by atomic mass is 32.1. The molecule has 0 unspecified atom stereocenters. The lowest BCUT2D eigenvalue weighted by Crippen LogP contribution is -2.17. The number of thiazole rings is 1. The Morgan fingerprint density at radius 1 is 1.15 bits per heavy atom. The summed E-state index contributed by atoms with van der Waals surface area (Å²) < 4.78 is 40.3. The molecule has 3 rings (SSSR count). The average molecular weight is 379 g/mol. The molecule has 0 spiro atoms. The van der Waals surface area contributed by atoms with E-state index in [2.05, 4.69) is 20.0 Å². The van der Waals surface area contributed by atoms with Gasteiger partial charge in [-0.1, -0.05) is 6.07 Å². The van der Waals surface area contributed by atoms with Crippen molar-refractivity contribution in [3.63, 3.8) is 0 Å². The van der Waals surface area contributed by atoms with Crippen LogP contribution in [-0.2, 0) is 0 Å². The number of carbonyl (C=O) groups excluding carboxylic acids is 1. The number of halogens is 3. The third-order valence-corrected chi connectivity index (χ3v) is 4.41. The molecule has 9 heteroatoms. The number of nitrogens with one attached hydrogen (secondary N) is 1. The van der Waals surface area contributed by atoms with Crippen molar-refractivity contribution in [3.8, 4) is 16.5 Å². The lowest BCUT2D eigenvalue weighted by atomic mass is 10.3. The number of anilines is 1. The van der Waals surface area contributed by atoms with Crippen molar-refractivity contribution in [2.24, 2.45) is 0 Å². The number of aryl methyl sites for hydroxylation is 1. The van der Waals surface area contributed by atoms with Gasteiger partial charge in [0.15, 0.2) is 0 Å². The van der Waals surface area contributed by atoms with Crippen LogP contribution < -0.4 is 10.1 Å². The number of alkyl halides is 3. The van der Waals surface area contributed by atoms with Crippen molar-refractivity contribution < 1.29 is 22.7 Å². The lowest BCUT2D eigenvalue weighted by Gasteiger charge is -2.09. The molecule has 0 fully saturated rings. The molecule has 0 aliphatic heterocycles. The summed E-state index contributed by atoms with van der Waals surface area (Å²) in [5.41, 5.74) is 1.55. The van der Waals surface area contributed by atoms with Crippen molar-refractivity contribution in [2.45, 2.75) is 13.3 Å². The Bertz CT molecular complexity index is 909. The maximum absolute atomic E-state index is 12.4. The number of pyridine rings is 1. The fraction of sp³-hybridized carbons (Fsp3) is 0.118. The van der Waals surface area contributed by atoms with Gasteiger partial charge in [0.25, 0.3) is 5.91 Å². The third-order valence-electron chi connectivity index (χ3n) is 3.23. The zero-order valence-electron chi connectivity index (χ0n) is 13.4. The number of hydrogen-bond acceptors (Lipinski definition) is 5. The van der Waals surface area contributed by atoms with Gasteiger partial charge in [-0.15, -0.1) is 24.5 Å². The van der Waals surface area contributed by atoms with E-state index in [1.807, 2.05) is 6.07 Å². The van der Waals surface area contributed by atoms with E-state index in [0.717, 1.165) is 12.1 Å². The second kappa shape index (κ2) is 7.12. The van der Waals surface area contributed by atoms with Crippen molar-refractivity contribution in [2.75, 3.05) is 5.32 Å². The highest BCUT2D eigenvalue weighted by molar-refractivity contribution is 7.17. The minimum atomic E-state index is -4.76. The van der Waals surface area contributed by atoms with Crippen molar-refractivity contribution in [1.82, 2.24) is 9.97 Å².